The molecule has 1 aromatic rings. The van der Waals surface area contributed by atoms with E-state index in [1.807, 2.05) is 0 Å². The van der Waals surface area contributed by atoms with Crippen LogP contribution < -0.4 is 5.32 Å². The van der Waals surface area contributed by atoms with Gasteiger partial charge in [-0.3, -0.25) is 0 Å². The van der Waals surface area contributed by atoms with Gasteiger partial charge in [0.05, 0.1) is 5.56 Å². The number of rotatable bonds is 1. The maximum atomic E-state index is 12.9. The molecule has 2 nitrogen and oxygen atoms in total. The molecule has 1 aliphatic rings. The standard InChI is InChI=1S/C12H14F3NO.BrH/c13-12(14,15)11-7-9(17)1-2-10(11)8-3-5-16-6-4-8;/h1-2,7-8,16-17H,3-6H2;1H. The van der Waals surface area contributed by atoms with Crippen LogP contribution in [0.3, 0.4) is 0 Å². The molecule has 6 heteroatoms. The Bertz CT molecular complexity index is 403. The zero-order chi connectivity index (χ0) is 12.5. The summed E-state index contributed by atoms with van der Waals surface area (Å²) in [5.41, 5.74) is -0.402. The average molecular weight is 326 g/mol. The number of hydrogen-bond acceptors (Lipinski definition) is 2. The first-order valence-electron chi connectivity index (χ1n) is 5.59. The Morgan fingerprint density at radius 3 is 2.33 bits per heavy atom. The number of piperidine rings is 1. The van der Waals surface area contributed by atoms with Crippen LogP contribution in [-0.2, 0) is 6.18 Å². The van der Waals surface area contributed by atoms with Crippen LogP contribution in [0, 0.1) is 0 Å². The zero-order valence-electron chi connectivity index (χ0n) is 9.63. The summed E-state index contributed by atoms with van der Waals surface area (Å²) in [5, 5.41) is 12.3. The molecule has 0 aliphatic carbocycles. The predicted octanol–water partition coefficient (Wildman–Crippen LogP) is 3.46. The highest BCUT2D eigenvalue weighted by Gasteiger charge is 2.35. The third kappa shape index (κ3) is 3.38. The number of halogens is 4. The van der Waals surface area contributed by atoms with Crippen molar-refractivity contribution in [2.75, 3.05) is 13.1 Å². The Morgan fingerprint density at radius 1 is 1.17 bits per heavy atom. The van der Waals surface area contributed by atoms with Gasteiger partial charge in [0.2, 0.25) is 0 Å². The fraction of sp³-hybridized carbons (Fsp3) is 0.500. The SMILES string of the molecule is Br.Oc1ccc(C2CCNCC2)c(C(F)(F)F)c1. The van der Waals surface area contributed by atoms with Gasteiger partial charge in [0, 0.05) is 0 Å². The Kier molecular flexibility index (Phi) is 5.04. The Morgan fingerprint density at radius 2 is 1.78 bits per heavy atom. The van der Waals surface area contributed by atoms with Crippen molar-refractivity contribution >= 4 is 17.0 Å². The van der Waals surface area contributed by atoms with E-state index in [9.17, 15) is 18.3 Å². The summed E-state index contributed by atoms with van der Waals surface area (Å²) < 4.78 is 38.6. The van der Waals surface area contributed by atoms with Gasteiger partial charge >= 0.3 is 6.18 Å². The van der Waals surface area contributed by atoms with Gasteiger partial charge in [-0.2, -0.15) is 13.2 Å². The van der Waals surface area contributed by atoms with Gasteiger partial charge < -0.3 is 10.4 Å². The molecule has 2 N–H and O–H groups in total. The van der Waals surface area contributed by atoms with E-state index in [2.05, 4.69) is 5.32 Å². The van der Waals surface area contributed by atoms with E-state index < -0.39 is 11.7 Å². The Labute approximate surface area is 114 Å². The van der Waals surface area contributed by atoms with E-state index in [4.69, 9.17) is 0 Å². The molecule has 0 atom stereocenters. The minimum Gasteiger partial charge on any atom is -0.508 e. The maximum absolute atomic E-state index is 12.9. The van der Waals surface area contributed by atoms with Crippen molar-refractivity contribution in [3.05, 3.63) is 29.3 Å². The second-order valence-electron chi connectivity index (χ2n) is 4.29. The maximum Gasteiger partial charge on any atom is 0.416 e. The Balaban J connectivity index is 0.00000162. The third-order valence-corrected chi connectivity index (χ3v) is 3.12. The molecule has 2 rings (SSSR count). The number of hydrogen-bond donors (Lipinski definition) is 2. The number of phenolic OH excluding ortho intramolecular Hbond substituents is 1. The quantitative estimate of drug-likeness (QED) is 0.828. The molecule has 0 unspecified atom stereocenters. The molecule has 0 spiro atoms. The molecule has 1 fully saturated rings. The normalized spacial score (nSPS) is 17.3. The van der Waals surface area contributed by atoms with E-state index in [0.717, 1.165) is 19.2 Å². The van der Waals surface area contributed by atoms with Crippen molar-refractivity contribution in [1.82, 2.24) is 5.32 Å². The molecule has 1 aliphatic heterocycles. The second-order valence-corrected chi connectivity index (χ2v) is 4.29. The molecule has 102 valence electrons. The summed E-state index contributed by atoms with van der Waals surface area (Å²) in [4.78, 5) is 0. The molecular formula is C12H15BrF3NO. The number of benzene rings is 1. The lowest BCUT2D eigenvalue weighted by molar-refractivity contribution is -0.138. The van der Waals surface area contributed by atoms with Crippen molar-refractivity contribution in [2.24, 2.45) is 0 Å². The van der Waals surface area contributed by atoms with Crippen molar-refractivity contribution in [1.29, 1.82) is 0 Å². The van der Waals surface area contributed by atoms with Crippen LogP contribution in [0.15, 0.2) is 18.2 Å². The van der Waals surface area contributed by atoms with Gasteiger partial charge in [-0.05, 0) is 49.5 Å². The number of alkyl halides is 3. The highest BCUT2D eigenvalue weighted by molar-refractivity contribution is 8.93. The largest absolute Gasteiger partial charge is 0.508 e. The van der Waals surface area contributed by atoms with Crippen molar-refractivity contribution < 1.29 is 18.3 Å². The van der Waals surface area contributed by atoms with Crippen LogP contribution >= 0.6 is 17.0 Å². The molecule has 0 radical (unpaired) electrons. The molecule has 1 heterocycles. The minimum atomic E-state index is -4.40. The minimum absolute atomic E-state index is 0. The molecule has 0 bridgehead atoms. The molecule has 0 saturated carbocycles. The lowest BCUT2D eigenvalue weighted by atomic mass is 9.87. The van der Waals surface area contributed by atoms with E-state index >= 15 is 0 Å². The summed E-state index contributed by atoms with van der Waals surface area (Å²) in [6.07, 6.45) is -3.00. The molecule has 1 aromatic carbocycles. The van der Waals surface area contributed by atoms with E-state index in [1.54, 1.807) is 0 Å². The summed E-state index contributed by atoms with van der Waals surface area (Å²) in [6, 6.07) is 3.54. The summed E-state index contributed by atoms with van der Waals surface area (Å²) >= 11 is 0. The average Bonchev–Trinajstić information content (AvgIpc) is 2.29. The van der Waals surface area contributed by atoms with Crippen LogP contribution in [0.4, 0.5) is 13.2 Å². The molecular weight excluding hydrogens is 311 g/mol. The van der Waals surface area contributed by atoms with Crippen molar-refractivity contribution in [3.8, 4) is 5.75 Å². The fourth-order valence-corrected chi connectivity index (χ4v) is 2.28. The first-order valence-corrected chi connectivity index (χ1v) is 5.59. The lowest BCUT2D eigenvalue weighted by Gasteiger charge is -2.25. The van der Waals surface area contributed by atoms with Crippen LogP contribution in [0.25, 0.3) is 0 Å². The summed E-state index contributed by atoms with van der Waals surface area (Å²) in [5.74, 6) is -0.413. The van der Waals surface area contributed by atoms with E-state index in [0.29, 0.717) is 18.4 Å². The second kappa shape index (κ2) is 5.93. The molecule has 1 saturated heterocycles. The molecule has 18 heavy (non-hydrogen) atoms. The molecule has 0 amide bonds. The van der Waals surface area contributed by atoms with Crippen LogP contribution in [-0.4, -0.2) is 18.2 Å². The fourth-order valence-electron chi connectivity index (χ4n) is 2.28. The summed E-state index contributed by atoms with van der Waals surface area (Å²) in [7, 11) is 0. The highest BCUT2D eigenvalue weighted by Crippen LogP contribution is 2.39. The van der Waals surface area contributed by atoms with Gasteiger partial charge in [0.25, 0.3) is 0 Å². The Hall–Kier alpha value is -0.750. The lowest BCUT2D eigenvalue weighted by Crippen LogP contribution is -2.27. The van der Waals surface area contributed by atoms with Gasteiger partial charge in [-0.1, -0.05) is 6.07 Å². The zero-order valence-corrected chi connectivity index (χ0v) is 11.3. The first kappa shape index (κ1) is 15.3. The van der Waals surface area contributed by atoms with Gasteiger partial charge in [0.15, 0.2) is 0 Å². The van der Waals surface area contributed by atoms with Crippen LogP contribution in [0.2, 0.25) is 0 Å². The van der Waals surface area contributed by atoms with Gasteiger partial charge in [0.1, 0.15) is 5.75 Å². The number of aromatic hydroxyl groups is 1. The van der Waals surface area contributed by atoms with Crippen LogP contribution in [0.5, 0.6) is 5.75 Å². The van der Waals surface area contributed by atoms with Crippen LogP contribution in [0.1, 0.15) is 29.9 Å². The number of phenols is 1. The van der Waals surface area contributed by atoms with E-state index in [1.165, 1.54) is 12.1 Å². The van der Waals surface area contributed by atoms with Gasteiger partial charge in [-0.25, -0.2) is 0 Å². The predicted molar refractivity (Wildman–Crippen MR) is 68.3 cm³/mol. The molecule has 0 aromatic heterocycles. The first-order chi connectivity index (χ1) is 7.98. The smallest absolute Gasteiger partial charge is 0.416 e. The number of nitrogens with one attached hydrogen (secondary N) is 1. The van der Waals surface area contributed by atoms with Crippen molar-refractivity contribution in [3.63, 3.8) is 0 Å². The summed E-state index contributed by atoms with van der Waals surface area (Å²) in [6.45, 7) is 1.48. The highest BCUT2D eigenvalue weighted by atomic mass is 79.9. The van der Waals surface area contributed by atoms with Crippen molar-refractivity contribution in [2.45, 2.75) is 24.9 Å². The van der Waals surface area contributed by atoms with Gasteiger partial charge in [-0.15, -0.1) is 17.0 Å². The van der Waals surface area contributed by atoms with E-state index in [-0.39, 0.29) is 28.6 Å². The topological polar surface area (TPSA) is 32.3 Å². The monoisotopic (exact) mass is 325 g/mol. The third-order valence-electron chi connectivity index (χ3n) is 3.12.